The molecule has 50 heavy (non-hydrogen) atoms. The van der Waals surface area contributed by atoms with Crippen molar-refractivity contribution >= 4 is 68.8 Å². The summed E-state index contributed by atoms with van der Waals surface area (Å²) in [5, 5.41) is 9.45. The van der Waals surface area contributed by atoms with Crippen LogP contribution < -0.4 is 15.3 Å². The van der Waals surface area contributed by atoms with Gasteiger partial charge in [-0.15, -0.1) is 0 Å². The molecule has 2 heteroatoms. The molecule has 0 saturated carbocycles. The number of anilines is 2. The smallest absolute Gasteiger partial charge is 0.0859 e. The zero-order valence-electron chi connectivity index (χ0n) is 27.7. The lowest BCUT2D eigenvalue weighted by Gasteiger charge is -2.35. The van der Waals surface area contributed by atoms with Crippen molar-refractivity contribution in [3.63, 3.8) is 0 Å². The molecule has 0 unspecified atom stereocenters. The quantitative estimate of drug-likeness (QED) is 0.135. The summed E-state index contributed by atoms with van der Waals surface area (Å²) in [5.74, 6) is 0. The van der Waals surface area contributed by atoms with Crippen molar-refractivity contribution in [1.29, 1.82) is 0 Å². The molecule has 9 rings (SSSR count). The molecule has 0 atom stereocenters. The summed E-state index contributed by atoms with van der Waals surface area (Å²) in [4.78, 5) is 6.83. The monoisotopic (exact) mass is 638 g/mol. The predicted octanol–water partition coefficient (Wildman–Crippen LogP) is 11.5. The molecule has 0 radical (unpaired) electrons. The SMILES string of the molecule is C=C/C=c1/c(-c2c3ccccc3c(-c3ccc4c(c3)-c3ccc5ccccc5c3CN4c3ccccc3N=C)c3ccccc23)cccc1=C. The lowest BCUT2D eigenvalue weighted by Crippen LogP contribution is -2.24. The van der Waals surface area contributed by atoms with E-state index in [1.54, 1.807) is 0 Å². The zero-order valence-corrected chi connectivity index (χ0v) is 27.7. The van der Waals surface area contributed by atoms with Gasteiger partial charge in [-0.05, 0) is 107 Å². The van der Waals surface area contributed by atoms with Gasteiger partial charge in [0.25, 0.3) is 0 Å². The van der Waals surface area contributed by atoms with Crippen LogP contribution in [0.5, 0.6) is 0 Å². The highest BCUT2D eigenvalue weighted by Crippen LogP contribution is 2.50. The topological polar surface area (TPSA) is 15.6 Å². The molecule has 0 amide bonds. The molecular weight excluding hydrogens is 605 g/mol. The van der Waals surface area contributed by atoms with Crippen LogP contribution >= 0.6 is 0 Å². The molecule has 0 bridgehead atoms. The maximum absolute atomic E-state index is 4.42. The summed E-state index contributed by atoms with van der Waals surface area (Å²) in [6.45, 7) is 13.0. The van der Waals surface area contributed by atoms with Crippen LogP contribution in [-0.2, 0) is 6.54 Å². The number of allylic oxidation sites excluding steroid dienone is 1. The van der Waals surface area contributed by atoms with Crippen LogP contribution in [0, 0.1) is 0 Å². The van der Waals surface area contributed by atoms with E-state index >= 15 is 0 Å². The van der Waals surface area contributed by atoms with Crippen molar-refractivity contribution < 1.29 is 0 Å². The Hall–Kier alpha value is -6.51. The summed E-state index contributed by atoms with van der Waals surface area (Å²) in [6, 6.07) is 52.6. The van der Waals surface area contributed by atoms with Gasteiger partial charge >= 0.3 is 0 Å². The van der Waals surface area contributed by atoms with Crippen LogP contribution in [0.25, 0.3) is 78.4 Å². The van der Waals surface area contributed by atoms with Crippen LogP contribution in [0.1, 0.15) is 5.56 Å². The Balaban J connectivity index is 1.36. The average molecular weight is 639 g/mol. The summed E-state index contributed by atoms with van der Waals surface area (Å²) in [7, 11) is 0. The molecule has 1 aliphatic heterocycles. The van der Waals surface area contributed by atoms with Crippen LogP contribution in [0.3, 0.4) is 0 Å². The molecule has 0 fully saturated rings. The summed E-state index contributed by atoms with van der Waals surface area (Å²) in [6.07, 6.45) is 3.93. The third-order valence-electron chi connectivity index (χ3n) is 10.2. The highest BCUT2D eigenvalue weighted by molar-refractivity contribution is 6.21. The Labute approximate surface area is 291 Å². The molecule has 1 aliphatic rings. The van der Waals surface area contributed by atoms with E-state index in [9.17, 15) is 0 Å². The van der Waals surface area contributed by atoms with Gasteiger partial charge in [-0.25, -0.2) is 0 Å². The first-order chi connectivity index (χ1) is 24.7. The molecule has 0 aliphatic carbocycles. The van der Waals surface area contributed by atoms with E-state index in [1.165, 1.54) is 65.7 Å². The Morgan fingerprint density at radius 2 is 1.22 bits per heavy atom. The number of para-hydroxylation sites is 2. The zero-order chi connectivity index (χ0) is 33.8. The van der Waals surface area contributed by atoms with Gasteiger partial charge in [0.05, 0.1) is 11.4 Å². The molecular formula is C48H34N2. The van der Waals surface area contributed by atoms with Gasteiger partial charge in [-0.1, -0.05) is 147 Å². The molecule has 0 N–H and O–H groups in total. The van der Waals surface area contributed by atoms with E-state index in [1.807, 2.05) is 18.2 Å². The highest BCUT2D eigenvalue weighted by atomic mass is 15.2. The normalized spacial score (nSPS) is 12.6. The van der Waals surface area contributed by atoms with Gasteiger partial charge in [0, 0.05) is 17.8 Å². The second-order valence-electron chi connectivity index (χ2n) is 12.9. The minimum absolute atomic E-state index is 0.742. The number of fused-ring (bicyclic) bond motifs is 7. The van der Waals surface area contributed by atoms with Crippen LogP contribution in [-0.4, -0.2) is 6.72 Å². The first kappa shape index (κ1) is 29.6. The fraction of sp³-hybridized carbons (Fsp3) is 0.0208. The minimum Gasteiger partial charge on any atom is -0.335 e. The molecule has 0 spiro atoms. The van der Waals surface area contributed by atoms with E-state index in [-0.39, 0.29) is 0 Å². The van der Waals surface area contributed by atoms with Crippen molar-refractivity contribution in [3.8, 4) is 33.4 Å². The predicted molar refractivity (Wildman–Crippen MR) is 216 cm³/mol. The number of hydrogen-bond donors (Lipinski definition) is 0. The highest BCUT2D eigenvalue weighted by Gasteiger charge is 2.27. The number of aliphatic imine (C=N–C) groups is 1. The van der Waals surface area contributed by atoms with E-state index in [0.29, 0.717) is 0 Å². The van der Waals surface area contributed by atoms with E-state index < -0.39 is 0 Å². The summed E-state index contributed by atoms with van der Waals surface area (Å²) >= 11 is 0. The van der Waals surface area contributed by atoms with Gasteiger partial charge in [-0.3, -0.25) is 4.99 Å². The van der Waals surface area contributed by atoms with Crippen molar-refractivity contribution in [2.45, 2.75) is 6.54 Å². The number of benzene rings is 8. The number of rotatable bonds is 5. The van der Waals surface area contributed by atoms with Gasteiger partial charge in [-0.2, -0.15) is 0 Å². The molecule has 8 aromatic rings. The van der Waals surface area contributed by atoms with Crippen molar-refractivity contribution in [2.24, 2.45) is 4.99 Å². The van der Waals surface area contributed by atoms with E-state index in [4.69, 9.17) is 0 Å². The lowest BCUT2D eigenvalue weighted by molar-refractivity contribution is 0.970. The van der Waals surface area contributed by atoms with E-state index in [2.05, 4.69) is 169 Å². The van der Waals surface area contributed by atoms with E-state index in [0.717, 1.165) is 39.6 Å². The Morgan fingerprint density at radius 1 is 0.560 bits per heavy atom. The maximum atomic E-state index is 4.42. The molecule has 1 heterocycles. The van der Waals surface area contributed by atoms with Gasteiger partial charge < -0.3 is 4.90 Å². The fourth-order valence-corrected chi connectivity index (χ4v) is 8.06. The Morgan fingerprint density at radius 3 is 1.94 bits per heavy atom. The van der Waals surface area contributed by atoms with Crippen LogP contribution in [0.15, 0.2) is 163 Å². The molecule has 0 saturated heterocycles. The van der Waals surface area contributed by atoms with Crippen molar-refractivity contribution in [2.75, 3.05) is 4.90 Å². The molecule has 0 aromatic heterocycles. The van der Waals surface area contributed by atoms with Crippen LogP contribution in [0.4, 0.5) is 17.1 Å². The van der Waals surface area contributed by atoms with Crippen molar-refractivity contribution in [3.05, 3.63) is 174 Å². The van der Waals surface area contributed by atoms with Gasteiger partial charge in [0.1, 0.15) is 0 Å². The van der Waals surface area contributed by atoms with Gasteiger partial charge in [0.15, 0.2) is 0 Å². The second-order valence-corrected chi connectivity index (χ2v) is 12.9. The first-order valence-corrected chi connectivity index (χ1v) is 17.0. The molecule has 8 aromatic carbocycles. The number of nitrogens with zero attached hydrogens (tertiary/aromatic N) is 2. The average Bonchev–Trinajstić information content (AvgIpc) is 3.17. The fourth-order valence-electron chi connectivity index (χ4n) is 8.06. The Bertz CT molecular complexity index is 2750. The molecule has 2 nitrogen and oxygen atoms in total. The second kappa shape index (κ2) is 11.9. The Kier molecular flexibility index (Phi) is 7.03. The van der Waals surface area contributed by atoms with Crippen molar-refractivity contribution in [1.82, 2.24) is 0 Å². The summed E-state index contributed by atoms with van der Waals surface area (Å²) in [5.41, 5.74) is 11.7. The summed E-state index contributed by atoms with van der Waals surface area (Å²) < 4.78 is 0. The lowest BCUT2D eigenvalue weighted by atomic mass is 9.83. The largest absolute Gasteiger partial charge is 0.335 e. The van der Waals surface area contributed by atoms with Crippen LogP contribution in [0.2, 0.25) is 0 Å². The minimum atomic E-state index is 0.742. The third kappa shape index (κ3) is 4.53. The maximum Gasteiger partial charge on any atom is 0.0859 e. The van der Waals surface area contributed by atoms with Gasteiger partial charge in [0.2, 0.25) is 0 Å². The first-order valence-electron chi connectivity index (χ1n) is 17.0. The third-order valence-corrected chi connectivity index (χ3v) is 10.2. The standard InChI is InChI=1S/C48H34N2/c1-4-14-34-31(2)15-13-22-37(34)48-40-20-9-7-18-38(40)47(39-19-8-10-21-41(39)48)33-26-28-45-42(29-33)36-27-25-32-16-5-6-17-35(32)43(36)30-50(45)46-24-12-11-23-44(46)49-3/h4-29H,1-3,30H2/b34-14+. The number of hydrogen-bond acceptors (Lipinski definition) is 2. The molecule has 236 valence electrons.